The first-order valence-electron chi connectivity index (χ1n) is 5.28. The highest BCUT2D eigenvalue weighted by Gasteiger charge is 2.37. The van der Waals surface area contributed by atoms with Crippen molar-refractivity contribution >= 4 is 0 Å². The van der Waals surface area contributed by atoms with Crippen LogP contribution < -0.4 is 0 Å². The number of rotatable bonds is 4. The van der Waals surface area contributed by atoms with E-state index < -0.39 is 0 Å². The van der Waals surface area contributed by atoms with Crippen LogP contribution in [-0.2, 0) is 0 Å². The van der Waals surface area contributed by atoms with Gasteiger partial charge < -0.3 is 0 Å². The highest BCUT2D eigenvalue weighted by Crippen LogP contribution is 2.46. The third-order valence-corrected chi connectivity index (χ3v) is 3.13. The van der Waals surface area contributed by atoms with Crippen molar-refractivity contribution in [2.24, 2.45) is 17.8 Å². The van der Waals surface area contributed by atoms with Gasteiger partial charge in [-0.1, -0.05) is 31.9 Å². The van der Waals surface area contributed by atoms with E-state index in [0.717, 1.165) is 17.8 Å². The third kappa shape index (κ3) is 2.66. The third-order valence-electron chi connectivity index (χ3n) is 3.13. The largest absolute Gasteiger partial charge is 0.0856 e. The Labute approximate surface area is 77.1 Å². The second kappa shape index (κ2) is 4.11. The SMILES string of the molecule is CCC(CC=C(C)C)C1CC1C. The van der Waals surface area contributed by atoms with Crippen LogP contribution in [0.1, 0.15) is 47.0 Å². The van der Waals surface area contributed by atoms with Crippen molar-refractivity contribution in [2.75, 3.05) is 0 Å². The first-order chi connectivity index (χ1) is 5.65. The van der Waals surface area contributed by atoms with Gasteiger partial charge >= 0.3 is 0 Å². The Bertz CT molecular complexity index is 163. The maximum atomic E-state index is 2.40. The van der Waals surface area contributed by atoms with Gasteiger partial charge in [0, 0.05) is 0 Å². The van der Waals surface area contributed by atoms with Gasteiger partial charge in [-0.3, -0.25) is 0 Å². The fraction of sp³-hybridized carbons (Fsp3) is 0.833. The minimum Gasteiger partial charge on any atom is -0.0856 e. The molecule has 70 valence electrons. The van der Waals surface area contributed by atoms with Gasteiger partial charge in [-0.05, 0) is 44.4 Å². The van der Waals surface area contributed by atoms with Crippen molar-refractivity contribution in [2.45, 2.75) is 47.0 Å². The van der Waals surface area contributed by atoms with Crippen molar-refractivity contribution in [1.29, 1.82) is 0 Å². The van der Waals surface area contributed by atoms with Crippen LogP contribution in [-0.4, -0.2) is 0 Å². The fourth-order valence-corrected chi connectivity index (χ4v) is 2.04. The second-order valence-electron chi connectivity index (χ2n) is 4.56. The molecule has 1 aliphatic rings. The molecule has 0 aromatic rings. The lowest BCUT2D eigenvalue weighted by atomic mass is 9.94. The molecule has 0 saturated heterocycles. The Kier molecular flexibility index (Phi) is 3.37. The maximum absolute atomic E-state index is 2.40. The zero-order valence-corrected chi connectivity index (χ0v) is 8.93. The molecule has 1 aliphatic carbocycles. The molecular weight excluding hydrogens is 144 g/mol. The Morgan fingerprint density at radius 3 is 2.42 bits per heavy atom. The zero-order chi connectivity index (χ0) is 9.14. The van der Waals surface area contributed by atoms with E-state index in [1.165, 1.54) is 24.8 Å². The summed E-state index contributed by atoms with van der Waals surface area (Å²) in [5, 5.41) is 0. The van der Waals surface area contributed by atoms with E-state index in [9.17, 15) is 0 Å². The Morgan fingerprint density at radius 2 is 2.08 bits per heavy atom. The van der Waals surface area contributed by atoms with Crippen LogP contribution in [0, 0.1) is 17.8 Å². The number of hydrogen-bond donors (Lipinski definition) is 0. The molecule has 3 unspecified atom stereocenters. The first kappa shape index (κ1) is 9.83. The first-order valence-corrected chi connectivity index (χ1v) is 5.28. The molecule has 1 fully saturated rings. The lowest BCUT2D eigenvalue weighted by molar-refractivity contribution is 0.432. The lowest BCUT2D eigenvalue weighted by Crippen LogP contribution is -2.01. The molecule has 0 aromatic heterocycles. The molecule has 1 rings (SSSR count). The summed E-state index contributed by atoms with van der Waals surface area (Å²) >= 11 is 0. The summed E-state index contributed by atoms with van der Waals surface area (Å²) in [4.78, 5) is 0. The van der Waals surface area contributed by atoms with Crippen LogP contribution in [0.2, 0.25) is 0 Å². The van der Waals surface area contributed by atoms with Crippen LogP contribution in [0.3, 0.4) is 0 Å². The van der Waals surface area contributed by atoms with Crippen molar-refractivity contribution in [3.8, 4) is 0 Å². The normalized spacial score (nSPS) is 29.7. The van der Waals surface area contributed by atoms with Crippen molar-refractivity contribution < 1.29 is 0 Å². The molecule has 0 aliphatic heterocycles. The molecule has 3 atom stereocenters. The van der Waals surface area contributed by atoms with Gasteiger partial charge in [0.15, 0.2) is 0 Å². The summed E-state index contributed by atoms with van der Waals surface area (Å²) in [5.41, 5.74) is 1.47. The van der Waals surface area contributed by atoms with Gasteiger partial charge in [0.25, 0.3) is 0 Å². The van der Waals surface area contributed by atoms with Gasteiger partial charge in [-0.15, -0.1) is 0 Å². The van der Waals surface area contributed by atoms with Gasteiger partial charge in [-0.2, -0.15) is 0 Å². The molecule has 0 heterocycles. The van der Waals surface area contributed by atoms with E-state index in [4.69, 9.17) is 0 Å². The van der Waals surface area contributed by atoms with Crippen LogP contribution in [0.5, 0.6) is 0 Å². The monoisotopic (exact) mass is 166 g/mol. The number of hydrogen-bond acceptors (Lipinski definition) is 0. The average molecular weight is 166 g/mol. The smallest absolute Gasteiger partial charge is 0.0317 e. The van der Waals surface area contributed by atoms with Gasteiger partial charge in [0.05, 0.1) is 0 Å². The Hall–Kier alpha value is -0.260. The summed E-state index contributed by atoms with van der Waals surface area (Å²) in [7, 11) is 0. The zero-order valence-electron chi connectivity index (χ0n) is 8.93. The van der Waals surface area contributed by atoms with E-state index >= 15 is 0 Å². The number of allylic oxidation sites excluding steroid dienone is 2. The quantitative estimate of drug-likeness (QED) is 0.553. The van der Waals surface area contributed by atoms with E-state index in [0.29, 0.717) is 0 Å². The summed E-state index contributed by atoms with van der Waals surface area (Å²) in [6, 6.07) is 0. The molecule has 12 heavy (non-hydrogen) atoms. The van der Waals surface area contributed by atoms with Crippen LogP contribution in [0.4, 0.5) is 0 Å². The predicted molar refractivity (Wildman–Crippen MR) is 55.1 cm³/mol. The summed E-state index contributed by atoms with van der Waals surface area (Å²) in [6.45, 7) is 9.11. The van der Waals surface area contributed by atoms with Crippen molar-refractivity contribution in [1.82, 2.24) is 0 Å². The van der Waals surface area contributed by atoms with E-state index in [1.54, 1.807) is 0 Å². The highest BCUT2D eigenvalue weighted by molar-refractivity contribution is 4.97. The van der Waals surface area contributed by atoms with Crippen LogP contribution in [0.15, 0.2) is 11.6 Å². The average Bonchev–Trinajstić information content (AvgIpc) is 2.68. The molecular formula is C12H22. The molecule has 0 heteroatoms. The lowest BCUT2D eigenvalue weighted by Gasteiger charge is -2.11. The molecule has 0 amide bonds. The molecule has 1 saturated carbocycles. The molecule has 0 spiro atoms. The van der Waals surface area contributed by atoms with Crippen LogP contribution in [0.25, 0.3) is 0 Å². The minimum atomic E-state index is 0.967. The molecule has 0 N–H and O–H groups in total. The minimum absolute atomic E-state index is 0.967. The summed E-state index contributed by atoms with van der Waals surface area (Å²) in [5.74, 6) is 3.03. The Morgan fingerprint density at radius 1 is 1.50 bits per heavy atom. The highest BCUT2D eigenvalue weighted by atomic mass is 14.4. The van der Waals surface area contributed by atoms with E-state index in [2.05, 4.69) is 33.8 Å². The summed E-state index contributed by atoms with van der Waals surface area (Å²) < 4.78 is 0. The van der Waals surface area contributed by atoms with E-state index in [1.807, 2.05) is 0 Å². The van der Waals surface area contributed by atoms with E-state index in [-0.39, 0.29) is 0 Å². The maximum Gasteiger partial charge on any atom is -0.0317 e. The molecule has 0 nitrogen and oxygen atoms in total. The molecule has 0 bridgehead atoms. The van der Waals surface area contributed by atoms with Crippen LogP contribution >= 0.6 is 0 Å². The topological polar surface area (TPSA) is 0 Å². The molecule has 0 radical (unpaired) electrons. The fourth-order valence-electron chi connectivity index (χ4n) is 2.04. The van der Waals surface area contributed by atoms with Gasteiger partial charge in [-0.25, -0.2) is 0 Å². The predicted octanol–water partition coefficient (Wildman–Crippen LogP) is 4.02. The van der Waals surface area contributed by atoms with Gasteiger partial charge in [0.1, 0.15) is 0 Å². The van der Waals surface area contributed by atoms with Crippen molar-refractivity contribution in [3.63, 3.8) is 0 Å². The van der Waals surface area contributed by atoms with Crippen molar-refractivity contribution in [3.05, 3.63) is 11.6 Å². The summed E-state index contributed by atoms with van der Waals surface area (Å²) in [6.07, 6.45) is 6.56. The second-order valence-corrected chi connectivity index (χ2v) is 4.56. The van der Waals surface area contributed by atoms with Gasteiger partial charge in [0.2, 0.25) is 0 Å². The molecule has 0 aromatic carbocycles. The Balaban J connectivity index is 2.31. The standard InChI is InChI=1S/C12H22/c1-5-11(7-6-9(2)3)12-8-10(12)4/h6,10-12H,5,7-8H2,1-4H3.